The van der Waals surface area contributed by atoms with Crippen LogP contribution in [0.2, 0.25) is 39.3 Å². The maximum absolute atomic E-state index is 3.18. The van der Waals surface area contributed by atoms with E-state index in [1.165, 1.54) is 0 Å². The predicted molar refractivity (Wildman–Crippen MR) is 86.9 cm³/mol. The summed E-state index contributed by atoms with van der Waals surface area (Å²) >= 11 is 0. The summed E-state index contributed by atoms with van der Waals surface area (Å²) in [5, 5.41) is 0. The number of hydrogen-bond donors (Lipinski definition) is 0. The highest BCUT2D eigenvalue weighted by molar-refractivity contribution is 6.84. The van der Waals surface area contributed by atoms with E-state index in [4.69, 9.17) is 0 Å². The Hall–Kier alpha value is -1.59. The van der Waals surface area contributed by atoms with E-state index < -0.39 is 16.1 Å². The van der Waals surface area contributed by atoms with Crippen LogP contribution >= 0.6 is 0 Å². The van der Waals surface area contributed by atoms with Crippen molar-refractivity contribution in [3.8, 4) is 46.6 Å². The van der Waals surface area contributed by atoms with Crippen LogP contribution in [0.3, 0.4) is 0 Å². The summed E-state index contributed by atoms with van der Waals surface area (Å²) < 4.78 is 0. The molecule has 0 unspecified atom stereocenters. The minimum Gasteiger partial charge on any atom is -0.118 e. The van der Waals surface area contributed by atoms with Gasteiger partial charge in [0.05, 0.1) is 0 Å². The van der Waals surface area contributed by atoms with Crippen molar-refractivity contribution in [2.45, 2.75) is 39.3 Å². The largest absolute Gasteiger partial charge is 0.130 e. The first-order chi connectivity index (χ1) is 8.21. The van der Waals surface area contributed by atoms with Gasteiger partial charge in [0, 0.05) is 0 Å². The maximum Gasteiger partial charge on any atom is 0.130 e. The third-order valence-electron chi connectivity index (χ3n) is 1.39. The molecule has 0 heterocycles. The van der Waals surface area contributed by atoms with Crippen LogP contribution in [0, 0.1) is 46.6 Å². The zero-order valence-corrected chi connectivity index (χ0v) is 14.2. The van der Waals surface area contributed by atoms with Gasteiger partial charge in [-0.15, -0.1) is 11.1 Å². The smallest absolute Gasteiger partial charge is 0.118 e. The van der Waals surface area contributed by atoms with Crippen molar-refractivity contribution < 1.29 is 0 Å². The van der Waals surface area contributed by atoms with Crippen LogP contribution in [0.1, 0.15) is 0 Å². The van der Waals surface area contributed by atoms with Crippen LogP contribution < -0.4 is 0 Å². The molecule has 0 radical (unpaired) electrons. The molecule has 0 saturated carbocycles. The van der Waals surface area contributed by atoms with Crippen LogP contribution in [0.4, 0.5) is 0 Å². The first-order valence-electron chi connectivity index (χ1n) is 5.91. The lowest BCUT2D eigenvalue weighted by Gasteiger charge is -2.01. The van der Waals surface area contributed by atoms with E-state index in [0.717, 1.165) is 0 Å². The lowest BCUT2D eigenvalue weighted by atomic mass is 10.4. The molecule has 0 aliphatic carbocycles. The number of rotatable bonds is 0. The molecule has 0 rings (SSSR count). The van der Waals surface area contributed by atoms with Crippen molar-refractivity contribution in [3.63, 3.8) is 0 Å². The summed E-state index contributed by atoms with van der Waals surface area (Å²) in [5.41, 5.74) is 6.35. The average Bonchev–Trinajstić information content (AvgIpc) is 2.17. The summed E-state index contributed by atoms with van der Waals surface area (Å²) in [4.78, 5) is 0. The maximum atomic E-state index is 3.18. The van der Waals surface area contributed by atoms with Crippen LogP contribution in [0.25, 0.3) is 0 Å². The van der Waals surface area contributed by atoms with Crippen LogP contribution in [0.15, 0.2) is 12.2 Å². The Bertz CT molecular complexity index is 484. The molecule has 0 aliphatic heterocycles. The van der Waals surface area contributed by atoms with Crippen LogP contribution in [-0.4, -0.2) is 16.1 Å². The Morgan fingerprint density at radius 1 is 0.556 bits per heavy atom. The van der Waals surface area contributed by atoms with E-state index in [0.29, 0.717) is 0 Å². The van der Waals surface area contributed by atoms with E-state index in [1.807, 2.05) is 0 Å². The summed E-state index contributed by atoms with van der Waals surface area (Å²) in [6, 6.07) is 0. The Kier molecular flexibility index (Phi) is 7.01. The Balaban J connectivity index is 4.29. The molecular formula is C16H20Si2. The zero-order chi connectivity index (χ0) is 14.1. The molecule has 0 aromatic heterocycles. The predicted octanol–water partition coefficient (Wildman–Crippen LogP) is 3.31. The summed E-state index contributed by atoms with van der Waals surface area (Å²) in [6.45, 7) is 13.2. The molecule has 0 nitrogen and oxygen atoms in total. The van der Waals surface area contributed by atoms with Crippen molar-refractivity contribution in [3.05, 3.63) is 12.2 Å². The lowest BCUT2D eigenvalue weighted by Crippen LogP contribution is -2.16. The molecule has 0 aliphatic rings. The van der Waals surface area contributed by atoms with Gasteiger partial charge >= 0.3 is 0 Å². The Morgan fingerprint density at radius 2 is 0.889 bits per heavy atom. The molecule has 92 valence electrons. The summed E-state index contributed by atoms with van der Waals surface area (Å²) in [5.74, 6) is 17.0. The highest BCUT2D eigenvalue weighted by atomic mass is 28.3. The molecule has 18 heavy (non-hydrogen) atoms. The SMILES string of the molecule is C[Si](C)(C)C#CC#C/C=C/C#CC#C[Si](C)(C)C. The van der Waals surface area contributed by atoms with E-state index in [9.17, 15) is 0 Å². The van der Waals surface area contributed by atoms with Gasteiger partial charge in [0.25, 0.3) is 0 Å². The van der Waals surface area contributed by atoms with Gasteiger partial charge in [0.1, 0.15) is 16.1 Å². The molecule has 0 spiro atoms. The topological polar surface area (TPSA) is 0 Å². The zero-order valence-electron chi connectivity index (χ0n) is 12.2. The normalized spacial score (nSPS) is 9.89. The second kappa shape index (κ2) is 7.68. The fourth-order valence-electron chi connectivity index (χ4n) is 0.676. The van der Waals surface area contributed by atoms with Gasteiger partial charge in [-0.2, -0.15) is 0 Å². The highest BCUT2D eigenvalue weighted by Gasteiger charge is 2.07. The van der Waals surface area contributed by atoms with Crippen molar-refractivity contribution in [1.82, 2.24) is 0 Å². The minimum absolute atomic E-state index is 1.29. The lowest BCUT2D eigenvalue weighted by molar-refractivity contribution is 1.81. The number of allylic oxidation sites excluding steroid dienone is 2. The van der Waals surface area contributed by atoms with Gasteiger partial charge in [0.2, 0.25) is 0 Å². The van der Waals surface area contributed by atoms with Crippen LogP contribution in [-0.2, 0) is 0 Å². The quantitative estimate of drug-likeness (QED) is 0.467. The van der Waals surface area contributed by atoms with Gasteiger partial charge in [-0.25, -0.2) is 0 Å². The second-order valence-electron chi connectivity index (χ2n) is 5.87. The van der Waals surface area contributed by atoms with E-state index in [-0.39, 0.29) is 0 Å². The van der Waals surface area contributed by atoms with E-state index in [2.05, 4.69) is 85.9 Å². The summed E-state index contributed by atoms with van der Waals surface area (Å²) in [7, 11) is -2.58. The number of hydrogen-bond acceptors (Lipinski definition) is 0. The van der Waals surface area contributed by atoms with E-state index in [1.54, 1.807) is 12.2 Å². The molecule has 0 amide bonds. The molecule has 2 heteroatoms. The molecule has 0 N–H and O–H groups in total. The first-order valence-corrected chi connectivity index (χ1v) is 12.9. The van der Waals surface area contributed by atoms with Crippen molar-refractivity contribution >= 4 is 16.1 Å². The second-order valence-corrected chi connectivity index (χ2v) is 15.4. The van der Waals surface area contributed by atoms with Gasteiger partial charge in [0.15, 0.2) is 0 Å². The Morgan fingerprint density at radius 3 is 1.17 bits per heavy atom. The molecule has 0 saturated heterocycles. The van der Waals surface area contributed by atoms with Crippen molar-refractivity contribution in [1.29, 1.82) is 0 Å². The van der Waals surface area contributed by atoms with Gasteiger partial charge in [-0.1, -0.05) is 51.1 Å². The molecular weight excluding hydrogens is 248 g/mol. The Labute approximate surface area is 114 Å². The molecule has 0 aromatic rings. The molecule has 0 aromatic carbocycles. The molecule has 0 atom stereocenters. The molecule has 0 bridgehead atoms. The summed E-state index contributed by atoms with van der Waals surface area (Å²) in [6.07, 6.45) is 3.42. The minimum atomic E-state index is -1.29. The van der Waals surface area contributed by atoms with Gasteiger partial charge < -0.3 is 0 Å². The monoisotopic (exact) mass is 268 g/mol. The average molecular weight is 269 g/mol. The third kappa shape index (κ3) is 14.4. The standard InChI is InChI=1S/C16H20Si2/c1-17(2,3)15-13-11-9-7-8-10-12-14-16-18(4,5)6/h7-8H,1-6H3/b8-7+. The van der Waals surface area contributed by atoms with Crippen molar-refractivity contribution in [2.75, 3.05) is 0 Å². The fourth-order valence-corrected chi connectivity index (χ4v) is 1.55. The van der Waals surface area contributed by atoms with Gasteiger partial charge in [-0.3, -0.25) is 0 Å². The highest BCUT2D eigenvalue weighted by Crippen LogP contribution is 1.95. The molecule has 0 fully saturated rings. The first kappa shape index (κ1) is 16.4. The van der Waals surface area contributed by atoms with Gasteiger partial charge in [-0.05, 0) is 35.8 Å². The van der Waals surface area contributed by atoms with Crippen LogP contribution in [0.5, 0.6) is 0 Å². The fraction of sp³-hybridized carbons (Fsp3) is 0.375. The van der Waals surface area contributed by atoms with Crippen molar-refractivity contribution in [2.24, 2.45) is 0 Å². The third-order valence-corrected chi connectivity index (χ3v) is 3.14. The van der Waals surface area contributed by atoms with E-state index >= 15 is 0 Å².